The quantitative estimate of drug-likeness (QED) is 0.880. The highest BCUT2D eigenvalue weighted by atomic mass is 19.4. The molecule has 108 valence electrons. The Balaban J connectivity index is 3.16. The number of pyridine rings is 1. The lowest BCUT2D eigenvalue weighted by Crippen LogP contribution is -2.37. The fourth-order valence-electron chi connectivity index (χ4n) is 1.78. The van der Waals surface area contributed by atoms with Crippen molar-refractivity contribution in [2.45, 2.75) is 32.2 Å². The van der Waals surface area contributed by atoms with Crippen molar-refractivity contribution in [3.05, 3.63) is 23.4 Å². The van der Waals surface area contributed by atoms with Crippen LogP contribution in [0.1, 0.15) is 25.1 Å². The third-order valence-corrected chi connectivity index (χ3v) is 2.45. The van der Waals surface area contributed by atoms with E-state index in [0.29, 0.717) is 5.56 Å². The molecule has 0 saturated carbocycles. The number of rotatable bonds is 4. The van der Waals surface area contributed by atoms with Gasteiger partial charge in [-0.05, 0) is 19.9 Å². The van der Waals surface area contributed by atoms with Crippen LogP contribution in [0.15, 0.2) is 12.1 Å². The van der Waals surface area contributed by atoms with Crippen LogP contribution in [0.25, 0.3) is 0 Å². The fraction of sp³-hybridized carbons (Fsp3) is 0.583. The molecular weight excluding hydrogens is 259 g/mol. The predicted octanol–water partition coefficient (Wildman–Crippen LogP) is 1.77. The molecule has 0 saturated heterocycles. The zero-order valence-electron chi connectivity index (χ0n) is 11.1. The molecule has 1 heterocycles. The van der Waals surface area contributed by atoms with Crippen LogP contribution >= 0.6 is 0 Å². The van der Waals surface area contributed by atoms with E-state index < -0.39 is 17.5 Å². The molecule has 0 radical (unpaired) electrons. The summed E-state index contributed by atoms with van der Waals surface area (Å²) in [6, 6.07) is 2.22. The number of alkyl halides is 3. The lowest BCUT2D eigenvalue weighted by molar-refractivity contribution is -0.141. The highest BCUT2D eigenvalue weighted by molar-refractivity contribution is 5.47. The van der Waals surface area contributed by atoms with Gasteiger partial charge in [0.25, 0.3) is 0 Å². The molecule has 0 amide bonds. The van der Waals surface area contributed by atoms with E-state index in [1.54, 1.807) is 20.9 Å². The third kappa shape index (κ3) is 4.36. The van der Waals surface area contributed by atoms with Gasteiger partial charge in [0.15, 0.2) is 0 Å². The highest BCUT2D eigenvalue weighted by Crippen LogP contribution is 2.30. The Morgan fingerprint density at radius 3 is 2.32 bits per heavy atom. The van der Waals surface area contributed by atoms with Gasteiger partial charge in [-0.2, -0.15) is 13.2 Å². The summed E-state index contributed by atoms with van der Waals surface area (Å²) >= 11 is 0. The molecule has 0 unspecified atom stereocenters. The van der Waals surface area contributed by atoms with Crippen LogP contribution in [0.3, 0.4) is 0 Å². The lowest BCUT2D eigenvalue weighted by Gasteiger charge is -2.28. The van der Waals surface area contributed by atoms with Crippen molar-refractivity contribution in [1.82, 2.24) is 4.98 Å². The molecule has 19 heavy (non-hydrogen) atoms. The first-order valence-corrected chi connectivity index (χ1v) is 5.75. The molecule has 3 N–H and O–H groups in total. The van der Waals surface area contributed by atoms with Crippen molar-refractivity contribution >= 4 is 5.82 Å². The van der Waals surface area contributed by atoms with Gasteiger partial charge in [0.05, 0.1) is 5.60 Å². The first kappa shape index (κ1) is 15.7. The molecule has 0 bridgehead atoms. The van der Waals surface area contributed by atoms with Crippen molar-refractivity contribution < 1.29 is 18.3 Å². The normalized spacial score (nSPS) is 12.6. The van der Waals surface area contributed by atoms with Crippen molar-refractivity contribution in [1.29, 1.82) is 0 Å². The molecule has 0 aliphatic heterocycles. The smallest absolute Gasteiger partial charge is 0.389 e. The third-order valence-electron chi connectivity index (χ3n) is 2.45. The van der Waals surface area contributed by atoms with Crippen LogP contribution < -0.4 is 10.6 Å². The highest BCUT2D eigenvalue weighted by Gasteiger charge is 2.33. The van der Waals surface area contributed by atoms with Crippen molar-refractivity contribution in [2.24, 2.45) is 5.73 Å². The van der Waals surface area contributed by atoms with E-state index in [1.165, 1.54) is 11.0 Å². The molecule has 0 spiro atoms. The van der Waals surface area contributed by atoms with E-state index in [-0.39, 0.29) is 18.9 Å². The molecule has 0 fully saturated rings. The molecule has 7 heteroatoms. The Morgan fingerprint density at radius 1 is 1.32 bits per heavy atom. The summed E-state index contributed by atoms with van der Waals surface area (Å²) in [5, 5.41) is 9.72. The number of nitrogens with zero attached hydrogens (tertiary/aromatic N) is 2. The maximum Gasteiger partial charge on any atom is 0.433 e. The number of anilines is 1. The maximum atomic E-state index is 12.6. The Kier molecular flexibility index (Phi) is 4.42. The number of likely N-dealkylation sites (N-methyl/N-ethyl adjacent to an activating group) is 1. The van der Waals surface area contributed by atoms with Crippen LogP contribution in [-0.4, -0.2) is 29.3 Å². The molecule has 0 aliphatic rings. The van der Waals surface area contributed by atoms with Crippen LogP contribution in [-0.2, 0) is 12.7 Å². The van der Waals surface area contributed by atoms with Gasteiger partial charge in [0.2, 0.25) is 0 Å². The molecule has 1 rings (SSSR count). The predicted molar refractivity (Wildman–Crippen MR) is 66.7 cm³/mol. The number of halogens is 3. The number of aliphatic hydroxyl groups is 1. The molecule has 1 aromatic rings. The molecule has 0 aromatic carbocycles. The fourth-order valence-corrected chi connectivity index (χ4v) is 1.78. The van der Waals surface area contributed by atoms with Gasteiger partial charge >= 0.3 is 6.18 Å². The Morgan fingerprint density at radius 2 is 1.89 bits per heavy atom. The molecule has 4 nitrogen and oxygen atoms in total. The van der Waals surface area contributed by atoms with Crippen molar-refractivity contribution in [3.63, 3.8) is 0 Å². The standard InChI is InChI=1S/C12H18F3N3O/c1-11(2,19)7-18(3)10-8(6-16)4-5-9(17-10)12(13,14)15/h4-5,19H,6-7,16H2,1-3H3. The van der Waals surface area contributed by atoms with Gasteiger partial charge in [-0.3, -0.25) is 0 Å². The topological polar surface area (TPSA) is 62.4 Å². The monoisotopic (exact) mass is 277 g/mol. The number of hydrogen-bond acceptors (Lipinski definition) is 4. The largest absolute Gasteiger partial charge is 0.433 e. The summed E-state index contributed by atoms with van der Waals surface area (Å²) in [5.74, 6) is 0.138. The summed E-state index contributed by atoms with van der Waals surface area (Å²) in [5.41, 5.74) is 3.99. The molecule has 1 aromatic heterocycles. The summed E-state index contributed by atoms with van der Waals surface area (Å²) in [7, 11) is 1.57. The van der Waals surface area contributed by atoms with Crippen molar-refractivity contribution in [3.8, 4) is 0 Å². The summed E-state index contributed by atoms with van der Waals surface area (Å²) in [4.78, 5) is 5.08. The van der Waals surface area contributed by atoms with Gasteiger partial charge in [0.1, 0.15) is 11.5 Å². The summed E-state index contributed by atoms with van der Waals surface area (Å²) < 4.78 is 37.9. The molecule has 0 aliphatic carbocycles. The van der Waals surface area contributed by atoms with E-state index in [9.17, 15) is 18.3 Å². The van der Waals surface area contributed by atoms with E-state index in [0.717, 1.165) is 6.07 Å². The summed E-state index contributed by atoms with van der Waals surface area (Å²) in [6.45, 7) is 3.36. The van der Waals surface area contributed by atoms with Gasteiger partial charge < -0.3 is 15.7 Å². The van der Waals surface area contributed by atoms with E-state index in [2.05, 4.69) is 4.98 Å². The first-order chi connectivity index (χ1) is 8.54. The van der Waals surface area contributed by atoms with E-state index in [4.69, 9.17) is 5.73 Å². The molecule has 0 atom stereocenters. The van der Waals surface area contributed by atoms with Gasteiger partial charge in [-0.15, -0.1) is 0 Å². The van der Waals surface area contributed by atoms with Crippen molar-refractivity contribution in [2.75, 3.05) is 18.5 Å². The van der Waals surface area contributed by atoms with E-state index >= 15 is 0 Å². The van der Waals surface area contributed by atoms with Crippen LogP contribution in [0.2, 0.25) is 0 Å². The lowest BCUT2D eigenvalue weighted by atomic mass is 10.1. The average molecular weight is 277 g/mol. The van der Waals surface area contributed by atoms with Gasteiger partial charge in [0, 0.05) is 25.7 Å². The first-order valence-electron chi connectivity index (χ1n) is 5.75. The second-order valence-corrected chi connectivity index (χ2v) is 5.05. The van der Waals surface area contributed by atoms with Crippen LogP contribution in [0.5, 0.6) is 0 Å². The molecular formula is C12H18F3N3O. The number of aromatic nitrogens is 1. The number of nitrogens with two attached hydrogens (primary N) is 1. The van der Waals surface area contributed by atoms with Crippen LogP contribution in [0.4, 0.5) is 19.0 Å². The zero-order valence-corrected chi connectivity index (χ0v) is 11.1. The second-order valence-electron chi connectivity index (χ2n) is 5.05. The van der Waals surface area contributed by atoms with E-state index in [1.807, 2.05) is 0 Å². The number of hydrogen-bond donors (Lipinski definition) is 2. The second kappa shape index (κ2) is 5.34. The minimum atomic E-state index is -4.50. The SMILES string of the molecule is CN(CC(C)(C)O)c1nc(C(F)(F)F)ccc1CN. The van der Waals surface area contributed by atoms with Crippen LogP contribution in [0, 0.1) is 0 Å². The summed E-state index contributed by atoms with van der Waals surface area (Å²) in [6.07, 6.45) is -4.50. The Labute approximate surface area is 110 Å². The Hall–Kier alpha value is -1.34. The zero-order chi connectivity index (χ0) is 14.8. The van der Waals surface area contributed by atoms with Gasteiger partial charge in [-0.25, -0.2) is 4.98 Å². The minimum absolute atomic E-state index is 0.0800. The average Bonchev–Trinajstić information content (AvgIpc) is 2.24. The Bertz CT molecular complexity index is 441. The van der Waals surface area contributed by atoms with Gasteiger partial charge in [-0.1, -0.05) is 6.07 Å². The minimum Gasteiger partial charge on any atom is -0.389 e. The maximum absolute atomic E-state index is 12.6.